The topological polar surface area (TPSA) is 137 Å². The first-order valence-corrected chi connectivity index (χ1v) is 7.70. The third kappa shape index (κ3) is 3.24. The molecule has 2 rings (SSSR count). The Kier molecular flexibility index (Phi) is 4.90. The van der Waals surface area contributed by atoms with Crippen molar-refractivity contribution in [3.05, 3.63) is 32.6 Å². The van der Waals surface area contributed by atoms with E-state index in [-0.39, 0.29) is 5.56 Å². The van der Waals surface area contributed by atoms with Gasteiger partial charge >= 0.3 is 11.7 Å². The van der Waals surface area contributed by atoms with Crippen molar-refractivity contribution >= 4 is 5.97 Å². The van der Waals surface area contributed by atoms with E-state index in [1.165, 1.54) is 20.8 Å². The molecular weight excluding hydrogens is 337 g/mol. The van der Waals surface area contributed by atoms with Gasteiger partial charge in [0.2, 0.25) is 0 Å². The van der Waals surface area contributed by atoms with Crippen molar-refractivity contribution in [3.63, 3.8) is 0 Å². The number of nitrogens with one attached hydrogen (secondary N) is 1. The maximum absolute atomic E-state index is 15.3. The highest BCUT2D eigenvalue weighted by atomic mass is 19.1. The van der Waals surface area contributed by atoms with Crippen LogP contribution in [0.25, 0.3) is 0 Å². The van der Waals surface area contributed by atoms with E-state index in [2.05, 4.69) is 4.98 Å². The molecule has 1 aromatic rings. The fourth-order valence-corrected chi connectivity index (χ4v) is 2.56. The second-order valence-electron chi connectivity index (χ2n) is 6.60. The molecule has 0 radical (unpaired) electrons. The summed E-state index contributed by atoms with van der Waals surface area (Å²) in [6, 6.07) is -0.886. The second-order valence-corrected chi connectivity index (χ2v) is 6.60. The van der Waals surface area contributed by atoms with Crippen LogP contribution in [0.3, 0.4) is 0 Å². The van der Waals surface area contributed by atoms with Crippen LogP contribution in [0.1, 0.15) is 32.6 Å². The first kappa shape index (κ1) is 19.3. The normalized spacial score (nSPS) is 33.2. The number of nitrogens with zero attached hydrogens (tertiary/aromatic N) is 1. The zero-order valence-electron chi connectivity index (χ0n) is 14.4. The lowest BCUT2D eigenvalue weighted by molar-refractivity contribution is -0.154. The number of alkyl halides is 1. The molecule has 1 saturated heterocycles. The SMILES string of the molecule is Cc1cn([C@H]2O[C@H](COC(=O)C(C)N)[C@](C)(O)[C@@]2(C)F)c(=O)[nH]c1=O. The number of nitrogens with two attached hydrogens (primary N) is 1. The van der Waals surface area contributed by atoms with Gasteiger partial charge in [0.1, 0.15) is 24.4 Å². The molecule has 1 aliphatic rings. The van der Waals surface area contributed by atoms with Crippen LogP contribution >= 0.6 is 0 Å². The van der Waals surface area contributed by atoms with Crippen LogP contribution in [-0.4, -0.2) is 50.6 Å². The lowest BCUT2D eigenvalue weighted by Crippen LogP contribution is -2.53. The Morgan fingerprint density at radius 2 is 2.16 bits per heavy atom. The molecular formula is C15H22FN3O6. The van der Waals surface area contributed by atoms with Crippen molar-refractivity contribution < 1.29 is 23.8 Å². The zero-order chi connectivity index (χ0) is 19.2. The lowest BCUT2D eigenvalue weighted by atomic mass is 9.84. The number of carbonyl (C=O) groups is 1. The molecule has 10 heteroatoms. The molecule has 4 N–H and O–H groups in total. The van der Waals surface area contributed by atoms with Crippen molar-refractivity contribution in [1.82, 2.24) is 9.55 Å². The molecule has 5 atom stereocenters. The van der Waals surface area contributed by atoms with Crippen molar-refractivity contribution in [1.29, 1.82) is 0 Å². The van der Waals surface area contributed by atoms with Gasteiger partial charge in [-0.3, -0.25) is 19.1 Å². The summed E-state index contributed by atoms with van der Waals surface area (Å²) >= 11 is 0. The summed E-state index contributed by atoms with van der Waals surface area (Å²) in [4.78, 5) is 37.0. The van der Waals surface area contributed by atoms with Gasteiger partial charge in [-0.2, -0.15) is 0 Å². The summed E-state index contributed by atoms with van der Waals surface area (Å²) in [6.07, 6.45) is -1.62. The minimum absolute atomic E-state index is 0.172. The molecule has 0 bridgehead atoms. The number of esters is 1. The average Bonchev–Trinajstić information content (AvgIpc) is 2.67. The summed E-state index contributed by atoms with van der Waals surface area (Å²) in [5, 5.41) is 10.6. The van der Waals surface area contributed by atoms with E-state index in [0.29, 0.717) is 0 Å². The highest BCUT2D eigenvalue weighted by Crippen LogP contribution is 2.47. The zero-order valence-corrected chi connectivity index (χ0v) is 14.4. The van der Waals surface area contributed by atoms with Crippen LogP contribution in [0.2, 0.25) is 0 Å². The van der Waals surface area contributed by atoms with Crippen LogP contribution in [-0.2, 0) is 14.3 Å². The summed E-state index contributed by atoms with van der Waals surface area (Å²) < 4.78 is 26.5. The van der Waals surface area contributed by atoms with Gasteiger partial charge in [0, 0.05) is 11.8 Å². The van der Waals surface area contributed by atoms with E-state index in [4.69, 9.17) is 15.2 Å². The quantitative estimate of drug-likeness (QED) is 0.593. The molecule has 0 aliphatic carbocycles. The van der Waals surface area contributed by atoms with Gasteiger partial charge in [-0.25, -0.2) is 9.18 Å². The maximum atomic E-state index is 15.3. The highest BCUT2D eigenvalue weighted by molar-refractivity contribution is 5.74. The minimum Gasteiger partial charge on any atom is -0.462 e. The van der Waals surface area contributed by atoms with E-state index >= 15 is 4.39 Å². The number of hydrogen-bond acceptors (Lipinski definition) is 7. The van der Waals surface area contributed by atoms with Gasteiger partial charge in [0.25, 0.3) is 5.56 Å². The smallest absolute Gasteiger partial charge is 0.330 e. The minimum atomic E-state index is -2.41. The first-order valence-electron chi connectivity index (χ1n) is 7.70. The Labute approximate surface area is 142 Å². The summed E-state index contributed by atoms with van der Waals surface area (Å²) in [7, 11) is 0. The Hall–Kier alpha value is -2.04. The monoisotopic (exact) mass is 359 g/mol. The van der Waals surface area contributed by atoms with Gasteiger partial charge in [-0.05, 0) is 27.7 Å². The predicted molar refractivity (Wildman–Crippen MR) is 84.7 cm³/mol. The highest BCUT2D eigenvalue weighted by Gasteiger charge is 2.63. The lowest BCUT2D eigenvalue weighted by Gasteiger charge is -2.33. The fraction of sp³-hybridized carbons (Fsp3) is 0.667. The van der Waals surface area contributed by atoms with Crippen LogP contribution in [0.5, 0.6) is 0 Å². The Balaban J connectivity index is 2.36. The molecule has 0 spiro atoms. The number of aryl methyl sites for hydroxylation is 1. The van der Waals surface area contributed by atoms with Gasteiger partial charge < -0.3 is 20.3 Å². The molecule has 1 fully saturated rings. The molecule has 1 aliphatic heterocycles. The van der Waals surface area contributed by atoms with Gasteiger partial charge in [-0.15, -0.1) is 0 Å². The third-order valence-electron chi connectivity index (χ3n) is 4.52. The Morgan fingerprint density at radius 3 is 2.72 bits per heavy atom. The van der Waals surface area contributed by atoms with Gasteiger partial charge in [-0.1, -0.05) is 0 Å². The van der Waals surface area contributed by atoms with E-state index < -0.39 is 53.5 Å². The van der Waals surface area contributed by atoms with Crippen molar-refractivity contribution in [3.8, 4) is 0 Å². The Morgan fingerprint density at radius 1 is 1.56 bits per heavy atom. The molecule has 1 aromatic heterocycles. The molecule has 0 saturated carbocycles. The second kappa shape index (κ2) is 6.36. The number of H-pyrrole nitrogens is 1. The third-order valence-corrected chi connectivity index (χ3v) is 4.52. The number of aromatic amines is 1. The molecule has 0 aromatic carbocycles. The van der Waals surface area contributed by atoms with Crippen LogP contribution in [0, 0.1) is 6.92 Å². The summed E-state index contributed by atoms with van der Waals surface area (Å²) in [5.41, 5.74) is -0.413. The molecule has 25 heavy (non-hydrogen) atoms. The maximum Gasteiger partial charge on any atom is 0.330 e. The molecule has 0 amide bonds. The summed E-state index contributed by atoms with van der Waals surface area (Å²) in [5.74, 6) is -0.736. The Bertz CT molecular complexity index is 782. The standard InChI is InChI=1S/C15H22FN3O6/c1-7-5-19(13(22)18-10(7)20)12-14(3,16)15(4,23)9(25-12)6-24-11(21)8(2)17/h5,8-9,12,23H,6,17H2,1-4H3,(H,18,20,22)/t8?,9-,12+,14+,15+/m1/s1. The number of rotatable bonds is 4. The summed E-state index contributed by atoms with van der Waals surface area (Å²) in [6.45, 7) is 4.67. The number of halogens is 1. The van der Waals surface area contributed by atoms with Crippen molar-refractivity contribution in [2.24, 2.45) is 5.73 Å². The van der Waals surface area contributed by atoms with E-state index in [1.807, 2.05) is 0 Å². The largest absolute Gasteiger partial charge is 0.462 e. The molecule has 9 nitrogen and oxygen atoms in total. The van der Waals surface area contributed by atoms with Crippen molar-refractivity contribution in [2.45, 2.75) is 57.3 Å². The van der Waals surface area contributed by atoms with E-state index in [0.717, 1.165) is 17.7 Å². The van der Waals surface area contributed by atoms with E-state index in [1.54, 1.807) is 0 Å². The fourth-order valence-electron chi connectivity index (χ4n) is 2.56. The molecule has 140 valence electrons. The number of aliphatic hydroxyl groups is 1. The number of aromatic nitrogens is 2. The van der Waals surface area contributed by atoms with Crippen molar-refractivity contribution in [2.75, 3.05) is 6.61 Å². The molecule has 1 unspecified atom stereocenters. The predicted octanol–water partition coefficient (Wildman–Crippen LogP) is -0.888. The van der Waals surface area contributed by atoms with E-state index in [9.17, 15) is 19.5 Å². The molecule has 2 heterocycles. The van der Waals surface area contributed by atoms with Gasteiger partial charge in [0.05, 0.1) is 0 Å². The van der Waals surface area contributed by atoms with Crippen LogP contribution < -0.4 is 17.0 Å². The number of carbonyl (C=O) groups excluding carboxylic acids is 1. The average molecular weight is 359 g/mol. The first-order chi connectivity index (χ1) is 11.4. The van der Waals surface area contributed by atoms with Crippen LogP contribution in [0.4, 0.5) is 4.39 Å². The number of ether oxygens (including phenoxy) is 2. The number of hydrogen-bond donors (Lipinski definition) is 3. The van der Waals surface area contributed by atoms with Crippen LogP contribution in [0.15, 0.2) is 15.8 Å². The van der Waals surface area contributed by atoms with Gasteiger partial charge in [0.15, 0.2) is 11.9 Å².